The van der Waals surface area contributed by atoms with Crippen molar-refractivity contribution < 1.29 is 18.7 Å². The molecule has 0 saturated heterocycles. The van der Waals surface area contributed by atoms with E-state index in [-0.39, 0.29) is 12.1 Å². The molecule has 144 valence electrons. The van der Waals surface area contributed by atoms with E-state index in [1.54, 1.807) is 42.6 Å². The Labute approximate surface area is 165 Å². The maximum Gasteiger partial charge on any atom is 0.307 e. The average Bonchev–Trinajstić information content (AvgIpc) is 3.18. The normalized spacial score (nSPS) is 11.7. The van der Waals surface area contributed by atoms with Crippen molar-refractivity contribution in [1.29, 1.82) is 0 Å². The molecule has 1 N–H and O–H groups in total. The third-order valence-electron chi connectivity index (χ3n) is 4.08. The zero-order valence-corrected chi connectivity index (χ0v) is 15.7. The fraction of sp³-hybridized carbons (Fsp3) is 0.150. The number of halogens is 2. The lowest BCUT2D eigenvalue weighted by Crippen LogP contribution is -2.31. The summed E-state index contributed by atoms with van der Waals surface area (Å²) in [6, 6.07) is 13.6. The highest BCUT2D eigenvalue weighted by Gasteiger charge is 2.22. The number of amides is 1. The first kappa shape index (κ1) is 19.6. The number of methoxy groups -OCH3 is 1. The van der Waals surface area contributed by atoms with Crippen molar-refractivity contribution in [2.24, 2.45) is 0 Å². The van der Waals surface area contributed by atoms with E-state index in [1.165, 1.54) is 30.0 Å². The molecule has 0 spiro atoms. The number of esters is 1. The van der Waals surface area contributed by atoms with Crippen LogP contribution in [0.5, 0.6) is 0 Å². The first-order valence-corrected chi connectivity index (χ1v) is 8.79. The van der Waals surface area contributed by atoms with Crippen LogP contribution in [0.4, 0.5) is 4.39 Å². The fourth-order valence-corrected chi connectivity index (χ4v) is 2.95. The number of hydrogen-bond acceptors (Lipinski definition) is 4. The van der Waals surface area contributed by atoms with Crippen LogP contribution in [0.15, 0.2) is 60.8 Å². The van der Waals surface area contributed by atoms with Crippen LogP contribution in [0.3, 0.4) is 0 Å². The number of nitrogens with zero attached hydrogens (tertiary/aromatic N) is 2. The number of ether oxygens (including phenoxy) is 1. The van der Waals surface area contributed by atoms with Crippen molar-refractivity contribution in [2.75, 3.05) is 7.11 Å². The molecule has 1 heterocycles. The molecule has 0 aliphatic carbocycles. The summed E-state index contributed by atoms with van der Waals surface area (Å²) in [5.74, 6) is -1.39. The van der Waals surface area contributed by atoms with Gasteiger partial charge in [0.2, 0.25) is 0 Å². The summed E-state index contributed by atoms with van der Waals surface area (Å²) >= 11 is 6.22. The van der Waals surface area contributed by atoms with Gasteiger partial charge in [-0.15, -0.1) is 0 Å². The molecule has 0 fully saturated rings. The van der Waals surface area contributed by atoms with Crippen LogP contribution >= 0.6 is 11.6 Å². The largest absolute Gasteiger partial charge is 0.469 e. The highest BCUT2D eigenvalue weighted by molar-refractivity contribution is 6.31. The quantitative estimate of drug-likeness (QED) is 0.639. The Kier molecular flexibility index (Phi) is 6.06. The van der Waals surface area contributed by atoms with Gasteiger partial charge in [0.15, 0.2) is 5.69 Å². The molecule has 1 amide bonds. The summed E-state index contributed by atoms with van der Waals surface area (Å²) in [6.07, 6.45) is 1.46. The molecular weight excluding hydrogens is 385 g/mol. The molecule has 0 saturated carbocycles. The summed E-state index contributed by atoms with van der Waals surface area (Å²) in [7, 11) is 1.27. The molecule has 3 aromatic rings. The minimum Gasteiger partial charge on any atom is -0.469 e. The minimum atomic E-state index is -0.687. The minimum absolute atomic E-state index is 0.0867. The van der Waals surface area contributed by atoms with E-state index < -0.39 is 23.7 Å². The highest BCUT2D eigenvalue weighted by Crippen LogP contribution is 2.25. The Morgan fingerprint density at radius 3 is 2.71 bits per heavy atom. The first-order chi connectivity index (χ1) is 13.5. The van der Waals surface area contributed by atoms with Crippen LogP contribution in [0.25, 0.3) is 5.69 Å². The zero-order valence-electron chi connectivity index (χ0n) is 14.9. The van der Waals surface area contributed by atoms with E-state index >= 15 is 0 Å². The number of benzene rings is 2. The number of carbonyl (C=O) groups excluding carboxylic acids is 2. The van der Waals surface area contributed by atoms with Gasteiger partial charge in [-0.25, -0.2) is 9.07 Å². The molecule has 6 nitrogen and oxygen atoms in total. The molecular formula is C20H17ClFN3O3. The second-order valence-corrected chi connectivity index (χ2v) is 6.36. The number of rotatable bonds is 6. The van der Waals surface area contributed by atoms with E-state index in [0.29, 0.717) is 16.3 Å². The fourth-order valence-electron chi connectivity index (χ4n) is 2.69. The molecule has 1 unspecified atom stereocenters. The zero-order chi connectivity index (χ0) is 20.1. The van der Waals surface area contributed by atoms with Gasteiger partial charge in [0.1, 0.15) is 5.82 Å². The highest BCUT2D eigenvalue weighted by atomic mass is 35.5. The van der Waals surface area contributed by atoms with Gasteiger partial charge in [-0.05, 0) is 35.9 Å². The predicted octanol–water partition coefficient (Wildman–Crippen LogP) is 3.70. The van der Waals surface area contributed by atoms with E-state index in [0.717, 1.165) is 0 Å². The molecule has 0 aliphatic heterocycles. The van der Waals surface area contributed by atoms with Gasteiger partial charge in [-0.2, -0.15) is 5.10 Å². The third kappa shape index (κ3) is 4.55. The van der Waals surface area contributed by atoms with E-state index in [2.05, 4.69) is 10.4 Å². The Hall–Kier alpha value is -3.19. The molecule has 0 bridgehead atoms. The molecule has 28 heavy (non-hydrogen) atoms. The van der Waals surface area contributed by atoms with E-state index in [1.807, 2.05) is 0 Å². The van der Waals surface area contributed by atoms with Crippen LogP contribution in [-0.4, -0.2) is 28.8 Å². The third-order valence-corrected chi connectivity index (χ3v) is 4.42. The monoisotopic (exact) mass is 401 g/mol. The lowest BCUT2D eigenvalue weighted by atomic mass is 10.0. The second-order valence-electron chi connectivity index (χ2n) is 5.95. The molecule has 8 heteroatoms. The van der Waals surface area contributed by atoms with Crippen molar-refractivity contribution >= 4 is 23.5 Å². The lowest BCUT2D eigenvalue weighted by Gasteiger charge is -2.18. The molecule has 2 aromatic carbocycles. The summed E-state index contributed by atoms with van der Waals surface area (Å²) in [5.41, 5.74) is 1.19. The van der Waals surface area contributed by atoms with E-state index in [4.69, 9.17) is 16.3 Å². The number of nitrogens with one attached hydrogen (secondary N) is 1. The molecule has 1 aromatic heterocycles. The summed E-state index contributed by atoms with van der Waals surface area (Å²) in [6.45, 7) is 0. The van der Waals surface area contributed by atoms with Gasteiger partial charge in [0.05, 0.1) is 25.3 Å². The summed E-state index contributed by atoms with van der Waals surface area (Å²) in [5, 5.41) is 7.36. The maximum absolute atomic E-state index is 13.4. The van der Waals surface area contributed by atoms with Gasteiger partial charge >= 0.3 is 5.97 Å². The van der Waals surface area contributed by atoms with Gasteiger partial charge in [-0.3, -0.25) is 9.59 Å². The van der Waals surface area contributed by atoms with Crippen LogP contribution < -0.4 is 5.32 Å². The standard InChI is InChI=1S/C20H17ClFN3O3/c1-28-19(26)12-18(15-7-2-3-8-16(15)21)23-20(27)17-9-10-25(24-17)14-6-4-5-13(22)11-14/h2-11,18H,12H2,1H3,(H,23,27). The van der Waals surface area contributed by atoms with Crippen LogP contribution in [0.2, 0.25) is 5.02 Å². The first-order valence-electron chi connectivity index (χ1n) is 8.41. The van der Waals surface area contributed by atoms with Crippen LogP contribution in [0, 0.1) is 5.82 Å². The van der Waals surface area contributed by atoms with Crippen molar-refractivity contribution in [3.8, 4) is 5.69 Å². The van der Waals surface area contributed by atoms with Gasteiger partial charge < -0.3 is 10.1 Å². The molecule has 0 radical (unpaired) electrons. The van der Waals surface area contributed by atoms with Crippen molar-refractivity contribution in [3.63, 3.8) is 0 Å². The van der Waals surface area contributed by atoms with Crippen molar-refractivity contribution in [1.82, 2.24) is 15.1 Å². The second kappa shape index (κ2) is 8.67. The topological polar surface area (TPSA) is 73.2 Å². The lowest BCUT2D eigenvalue weighted by molar-refractivity contribution is -0.141. The SMILES string of the molecule is COC(=O)CC(NC(=O)c1ccn(-c2cccc(F)c2)n1)c1ccccc1Cl. The van der Waals surface area contributed by atoms with Crippen LogP contribution in [0.1, 0.15) is 28.5 Å². The molecule has 1 atom stereocenters. The number of hydrogen-bond donors (Lipinski definition) is 1. The Morgan fingerprint density at radius 1 is 1.21 bits per heavy atom. The number of carbonyl (C=O) groups is 2. The van der Waals surface area contributed by atoms with Gasteiger partial charge in [0.25, 0.3) is 5.91 Å². The van der Waals surface area contributed by atoms with E-state index in [9.17, 15) is 14.0 Å². The van der Waals surface area contributed by atoms with Crippen molar-refractivity contribution in [2.45, 2.75) is 12.5 Å². The van der Waals surface area contributed by atoms with Crippen molar-refractivity contribution in [3.05, 3.63) is 82.9 Å². The maximum atomic E-state index is 13.4. The average molecular weight is 402 g/mol. The van der Waals surface area contributed by atoms with Gasteiger partial charge in [0, 0.05) is 11.2 Å². The Balaban J connectivity index is 1.82. The number of aromatic nitrogens is 2. The summed E-state index contributed by atoms with van der Waals surface area (Å²) < 4.78 is 19.5. The molecule has 0 aliphatic rings. The Bertz CT molecular complexity index is 1010. The summed E-state index contributed by atoms with van der Waals surface area (Å²) in [4.78, 5) is 24.4. The Morgan fingerprint density at radius 2 is 2.00 bits per heavy atom. The predicted molar refractivity (Wildman–Crippen MR) is 102 cm³/mol. The smallest absolute Gasteiger partial charge is 0.307 e. The van der Waals surface area contributed by atoms with Crippen LogP contribution in [-0.2, 0) is 9.53 Å². The molecule has 3 rings (SSSR count). The van der Waals surface area contributed by atoms with Gasteiger partial charge in [-0.1, -0.05) is 35.9 Å².